The molecular weight excluding hydrogens is 254 g/mol. The van der Waals surface area contributed by atoms with E-state index < -0.39 is 18.0 Å². The van der Waals surface area contributed by atoms with Gasteiger partial charge in [-0.25, -0.2) is 0 Å². The van der Waals surface area contributed by atoms with Gasteiger partial charge in [-0.2, -0.15) is 11.8 Å². The molecule has 18 heavy (non-hydrogen) atoms. The number of carboxylic acids is 2. The average molecular weight is 269 g/mol. The molecule has 0 bridgehead atoms. The summed E-state index contributed by atoms with van der Waals surface area (Å²) in [4.78, 5) is 21.2. The summed E-state index contributed by atoms with van der Waals surface area (Å²) in [5, 5.41) is 17.4. The number of benzene rings is 1. The number of aliphatic carboxylic acids is 2. The first-order chi connectivity index (χ1) is 8.50. The van der Waals surface area contributed by atoms with Gasteiger partial charge < -0.3 is 15.9 Å². The van der Waals surface area contributed by atoms with Crippen molar-refractivity contribution in [3.8, 4) is 0 Å². The van der Waals surface area contributed by atoms with Crippen molar-refractivity contribution in [2.45, 2.75) is 18.2 Å². The van der Waals surface area contributed by atoms with Crippen LogP contribution in [0.4, 0.5) is 0 Å². The molecule has 0 aromatic heterocycles. The predicted molar refractivity (Wildman–Crippen MR) is 69.6 cm³/mol. The van der Waals surface area contributed by atoms with E-state index in [4.69, 9.17) is 15.9 Å². The van der Waals surface area contributed by atoms with Crippen LogP contribution in [0.25, 0.3) is 0 Å². The molecule has 1 aromatic carbocycles. The third kappa shape index (κ3) is 4.77. The van der Waals surface area contributed by atoms with E-state index >= 15 is 0 Å². The van der Waals surface area contributed by atoms with Crippen molar-refractivity contribution in [3.63, 3.8) is 0 Å². The van der Waals surface area contributed by atoms with Gasteiger partial charge in [0.1, 0.15) is 6.04 Å². The summed E-state index contributed by atoms with van der Waals surface area (Å²) in [5.74, 6) is -1.04. The fourth-order valence-corrected chi connectivity index (χ4v) is 2.42. The molecule has 1 aromatic rings. The number of hydrogen-bond acceptors (Lipinski definition) is 4. The molecule has 0 aliphatic rings. The lowest BCUT2D eigenvalue weighted by molar-refractivity contribution is -0.138. The van der Waals surface area contributed by atoms with Crippen molar-refractivity contribution < 1.29 is 19.8 Å². The molecule has 6 heteroatoms. The van der Waals surface area contributed by atoms with Crippen molar-refractivity contribution in [2.24, 2.45) is 5.73 Å². The van der Waals surface area contributed by atoms with Crippen LogP contribution in [0.15, 0.2) is 24.3 Å². The fourth-order valence-electron chi connectivity index (χ4n) is 1.40. The monoisotopic (exact) mass is 269 g/mol. The van der Waals surface area contributed by atoms with Gasteiger partial charge in [0.15, 0.2) is 0 Å². The Labute approximate surface area is 109 Å². The van der Waals surface area contributed by atoms with Gasteiger partial charge >= 0.3 is 11.9 Å². The van der Waals surface area contributed by atoms with Gasteiger partial charge in [-0.1, -0.05) is 24.3 Å². The number of rotatable bonds is 7. The summed E-state index contributed by atoms with van der Waals surface area (Å²) < 4.78 is 0. The van der Waals surface area contributed by atoms with Crippen LogP contribution in [0.1, 0.15) is 11.1 Å². The van der Waals surface area contributed by atoms with Crippen molar-refractivity contribution in [3.05, 3.63) is 35.4 Å². The molecule has 0 heterocycles. The highest BCUT2D eigenvalue weighted by atomic mass is 32.2. The Hall–Kier alpha value is -1.53. The summed E-state index contributed by atoms with van der Waals surface area (Å²) in [7, 11) is 0. The largest absolute Gasteiger partial charge is 0.481 e. The third-order valence-electron chi connectivity index (χ3n) is 2.33. The first-order valence-corrected chi connectivity index (χ1v) is 6.51. The van der Waals surface area contributed by atoms with Crippen LogP contribution >= 0.6 is 11.8 Å². The lowest BCUT2D eigenvalue weighted by Crippen LogP contribution is -2.32. The average Bonchev–Trinajstić information content (AvgIpc) is 2.30. The van der Waals surface area contributed by atoms with Crippen molar-refractivity contribution in [1.29, 1.82) is 0 Å². The zero-order valence-electron chi connectivity index (χ0n) is 9.70. The van der Waals surface area contributed by atoms with E-state index in [1.54, 1.807) is 12.1 Å². The number of carboxylic acid groups (broad SMARTS) is 2. The van der Waals surface area contributed by atoms with Gasteiger partial charge in [0.05, 0.1) is 6.42 Å². The highest BCUT2D eigenvalue weighted by Gasteiger charge is 2.12. The van der Waals surface area contributed by atoms with Crippen LogP contribution < -0.4 is 5.73 Å². The second-order valence-electron chi connectivity index (χ2n) is 3.80. The van der Waals surface area contributed by atoms with Gasteiger partial charge in [0.25, 0.3) is 0 Å². The predicted octanol–water partition coefficient (Wildman–Crippen LogP) is 0.959. The first-order valence-electron chi connectivity index (χ1n) is 5.35. The number of nitrogens with two attached hydrogens (primary N) is 1. The van der Waals surface area contributed by atoms with Crippen LogP contribution in [0.5, 0.6) is 0 Å². The van der Waals surface area contributed by atoms with Crippen LogP contribution in [0, 0.1) is 0 Å². The van der Waals surface area contributed by atoms with Gasteiger partial charge in [0, 0.05) is 11.5 Å². The minimum Gasteiger partial charge on any atom is -0.481 e. The van der Waals surface area contributed by atoms with E-state index in [0.29, 0.717) is 11.5 Å². The third-order valence-corrected chi connectivity index (χ3v) is 3.44. The molecule has 0 radical (unpaired) electrons. The summed E-state index contributed by atoms with van der Waals surface area (Å²) in [5.41, 5.74) is 7.04. The molecule has 0 saturated carbocycles. The van der Waals surface area contributed by atoms with Gasteiger partial charge in [0.2, 0.25) is 0 Å². The molecule has 1 atom stereocenters. The van der Waals surface area contributed by atoms with Crippen molar-refractivity contribution >= 4 is 23.7 Å². The second-order valence-corrected chi connectivity index (χ2v) is 4.83. The van der Waals surface area contributed by atoms with Crippen LogP contribution in [0.2, 0.25) is 0 Å². The standard InChI is InChI=1S/C12H15NO4S/c13-10(12(16)17)7-18-6-9-4-2-1-3-8(9)5-11(14)15/h1-4,10H,5-7,13H2,(H,14,15)(H,16,17). The molecular formula is C12H15NO4S. The smallest absolute Gasteiger partial charge is 0.321 e. The van der Waals surface area contributed by atoms with Gasteiger partial charge in [-0.15, -0.1) is 0 Å². The summed E-state index contributed by atoms with van der Waals surface area (Å²) in [6.45, 7) is 0. The zero-order chi connectivity index (χ0) is 13.5. The Kier molecular flexibility index (Phi) is 5.67. The SMILES string of the molecule is NC(CSCc1ccccc1CC(=O)O)C(=O)O. The number of carbonyl (C=O) groups is 2. The van der Waals surface area contributed by atoms with E-state index in [1.165, 1.54) is 11.8 Å². The van der Waals surface area contributed by atoms with E-state index in [2.05, 4.69) is 0 Å². The van der Waals surface area contributed by atoms with E-state index in [1.807, 2.05) is 12.1 Å². The summed E-state index contributed by atoms with van der Waals surface area (Å²) in [6, 6.07) is 6.34. The Morgan fingerprint density at radius 3 is 2.39 bits per heavy atom. The quantitative estimate of drug-likeness (QED) is 0.681. The van der Waals surface area contributed by atoms with Crippen molar-refractivity contribution in [2.75, 3.05) is 5.75 Å². The maximum Gasteiger partial charge on any atom is 0.321 e. The highest BCUT2D eigenvalue weighted by molar-refractivity contribution is 7.98. The van der Waals surface area contributed by atoms with E-state index in [-0.39, 0.29) is 6.42 Å². The molecule has 0 amide bonds. The van der Waals surface area contributed by atoms with Crippen LogP contribution in [0.3, 0.4) is 0 Å². The zero-order valence-corrected chi connectivity index (χ0v) is 10.5. The second kappa shape index (κ2) is 7.03. The lowest BCUT2D eigenvalue weighted by atomic mass is 10.1. The van der Waals surface area contributed by atoms with Crippen LogP contribution in [-0.4, -0.2) is 33.9 Å². The molecule has 0 saturated heterocycles. The molecule has 4 N–H and O–H groups in total. The van der Waals surface area contributed by atoms with Gasteiger partial charge in [-0.3, -0.25) is 9.59 Å². The Morgan fingerprint density at radius 1 is 1.22 bits per heavy atom. The Bertz CT molecular complexity index is 436. The maximum absolute atomic E-state index is 10.7. The molecule has 1 rings (SSSR count). The Morgan fingerprint density at radius 2 is 1.83 bits per heavy atom. The number of thioether (sulfide) groups is 1. The fraction of sp³-hybridized carbons (Fsp3) is 0.333. The summed E-state index contributed by atoms with van der Waals surface area (Å²) >= 11 is 1.39. The minimum atomic E-state index is -1.03. The molecule has 0 spiro atoms. The number of hydrogen-bond donors (Lipinski definition) is 3. The topological polar surface area (TPSA) is 101 Å². The highest BCUT2D eigenvalue weighted by Crippen LogP contribution is 2.17. The molecule has 0 aliphatic carbocycles. The molecule has 98 valence electrons. The van der Waals surface area contributed by atoms with Crippen molar-refractivity contribution in [1.82, 2.24) is 0 Å². The first kappa shape index (κ1) is 14.5. The van der Waals surface area contributed by atoms with Crippen LogP contribution in [-0.2, 0) is 21.8 Å². The normalized spacial score (nSPS) is 12.1. The molecule has 0 fully saturated rings. The minimum absolute atomic E-state index is 0.0261. The molecule has 0 aliphatic heterocycles. The summed E-state index contributed by atoms with van der Waals surface area (Å²) in [6.07, 6.45) is -0.0261. The van der Waals surface area contributed by atoms with Gasteiger partial charge in [-0.05, 0) is 11.1 Å². The maximum atomic E-state index is 10.7. The van der Waals surface area contributed by atoms with E-state index in [9.17, 15) is 9.59 Å². The molecule has 1 unspecified atom stereocenters. The van der Waals surface area contributed by atoms with E-state index in [0.717, 1.165) is 11.1 Å². The lowest BCUT2D eigenvalue weighted by Gasteiger charge is -2.09. The Balaban J connectivity index is 2.56. The molecule has 5 nitrogen and oxygen atoms in total.